The summed E-state index contributed by atoms with van der Waals surface area (Å²) in [4.78, 5) is 0. The van der Waals surface area contributed by atoms with E-state index in [-0.39, 0.29) is 12.0 Å². The molecule has 0 spiro atoms. The summed E-state index contributed by atoms with van der Waals surface area (Å²) in [6, 6.07) is 0. The first kappa shape index (κ1) is 26.6. The SMILES string of the molecule is C#C.CCCCCC(C)OC1CCC(C2CCC(C3CCC(C)CC3)CC2)C(F)C1F. The largest absolute Gasteiger partial charge is 0.372 e. The molecule has 0 aromatic heterocycles. The van der Waals surface area contributed by atoms with Crippen molar-refractivity contribution in [2.45, 2.75) is 135 Å². The zero-order chi connectivity index (χ0) is 22.8. The third kappa shape index (κ3) is 7.73. The van der Waals surface area contributed by atoms with E-state index in [0.29, 0.717) is 12.3 Å². The molecule has 0 aromatic rings. The standard InChI is InChI=1S/C26H46F2O.C2H2/c1-4-5-6-7-19(3)29-24-17-16-23(25(27)26(24)28)22-14-12-21(13-15-22)20-10-8-18(2)9-11-20;1-2/h18-26H,4-17H2,1-3H3;1-2H. The first-order valence-electron chi connectivity index (χ1n) is 13.3. The lowest BCUT2D eigenvalue weighted by Crippen LogP contribution is -2.46. The molecule has 0 bridgehead atoms. The maximum absolute atomic E-state index is 15.1. The average molecular weight is 439 g/mol. The normalized spacial score (nSPS) is 39.8. The number of terminal acetylenes is 1. The van der Waals surface area contributed by atoms with E-state index in [1.807, 2.05) is 6.92 Å². The zero-order valence-corrected chi connectivity index (χ0v) is 20.4. The Morgan fingerprint density at radius 2 is 1.32 bits per heavy atom. The van der Waals surface area contributed by atoms with Gasteiger partial charge in [0.15, 0.2) is 6.17 Å². The molecule has 0 aromatic carbocycles. The molecule has 0 amide bonds. The second kappa shape index (κ2) is 13.8. The maximum Gasteiger partial charge on any atom is 0.157 e. The molecule has 31 heavy (non-hydrogen) atoms. The fourth-order valence-electron chi connectivity index (χ4n) is 6.61. The van der Waals surface area contributed by atoms with E-state index < -0.39 is 18.4 Å². The van der Waals surface area contributed by atoms with Crippen LogP contribution in [0.5, 0.6) is 0 Å². The van der Waals surface area contributed by atoms with Gasteiger partial charge in [-0.1, -0.05) is 46.0 Å². The predicted octanol–water partition coefficient (Wildman–Crippen LogP) is 8.31. The van der Waals surface area contributed by atoms with Gasteiger partial charge in [-0.25, -0.2) is 8.78 Å². The van der Waals surface area contributed by atoms with Gasteiger partial charge in [0.2, 0.25) is 0 Å². The smallest absolute Gasteiger partial charge is 0.157 e. The fraction of sp³-hybridized carbons (Fsp3) is 0.929. The van der Waals surface area contributed by atoms with Crippen molar-refractivity contribution in [2.24, 2.45) is 29.6 Å². The maximum atomic E-state index is 15.1. The lowest BCUT2D eigenvalue weighted by atomic mass is 9.65. The summed E-state index contributed by atoms with van der Waals surface area (Å²) in [6.07, 6.45) is 21.0. The summed E-state index contributed by atoms with van der Waals surface area (Å²) < 4.78 is 35.9. The number of hydrogen-bond donors (Lipinski definition) is 0. The van der Waals surface area contributed by atoms with Crippen LogP contribution in [0.2, 0.25) is 0 Å². The van der Waals surface area contributed by atoms with Gasteiger partial charge in [-0.05, 0) is 94.3 Å². The topological polar surface area (TPSA) is 9.23 Å². The molecule has 3 saturated carbocycles. The van der Waals surface area contributed by atoms with Crippen molar-refractivity contribution < 1.29 is 13.5 Å². The van der Waals surface area contributed by atoms with E-state index in [0.717, 1.165) is 49.9 Å². The molecule has 3 aliphatic carbocycles. The summed E-state index contributed by atoms with van der Waals surface area (Å²) in [5.41, 5.74) is 0. The van der Waals surface area contributed by atoms with Crippen LogP contribution in [-0.4, -0.2) is 24.6 Å². The Morgan fingerprint density at radius 3 is 1.90 bits per heavy atom. The molecule has 5 unspecified atom stereocenters. The van der Waals surface area contributed by atoms with Crippen molar-refractivity contribution in [2.75, 3.05) is 0 Å². The predicted molar refractivity (Wildman–Crippen MR) is 127 cm³/mol. The van der Waals surface area contributed by atoms with E-state index in [1.54, 1.807) is 0 Å². The molecule has 5 atom stereocenters. The Balaban J connectivity index is 0.00000166. The van der Waals surface area contributed by atoms with E-state index in [2.05, 4.69) is 26.7 Å². The lowest BCUT2D eigenvalue weighted by Gasteiger charge is -2.43. The second-order valence-electron chi connectivity index (χ2n) is 10.8. The highest BCUT2D eigenvalue weighted by Crippen LogP contribution is 2.46. The highest BCUT2D eigenvalue weighted by atomic mass is 19.2. The van der Waals surface area contributed by atoms with Gasteiger partial charge in [-0.15, -0.1) is 12.8 Å². The van der Waals surface area contributed by atoms with Gasteiger partial charge in [0, 0.05) is 0 Å². The van der Waals surface area contributed by atoms with E-state index in [4.69, 9.17) is 4.74 Å². The summed E-state index contributed by atoms with van der Waals surface area (Å²) >= 11 is 0. The lowest BCUT2D eigenvalue weighted by molar-refractivity contribution is -0.112. The van der Waals surface area contributed by atoms with Crippen molar-refractivity contribution in [1.82, 2.24) is 0 Å². The molecule has 0 heterocycles. The van der Waals surface area contributed by atoms with Crippen LogP contribution >= 0.6 is 0 Å². The monoisotopic (exact) mass is 438 g/mol. The van der Waals surface area contributed by atoms with Crippen molar-refractivity contribution in [3.8, 4) is 12.8 Å². The quantitative estimate of drug-likeness (QED) is 0.273. The first-order valence-corrected chi connectivity index (χ1v) is 13.3. The van der Waals surface area contributed by atoms with Gasteiger partial charge in [-0.3, -0.25) is 0 Å². The van der Waals surface area contributed by atoms with Gasteiger partial charge < -0.3 is 4.74 Å². The van der Waals surface area contributed by atoms with Crippen LogP contribution in [-0.2, 0) is 4.74 Å². The van der Waals surface area contributed by atoms with Crippen LogP contribution in [0.25, 0.3) is 0 Å². The number of halogens is 2. The summed E-state index contributed by atoms with van der Waals surface area (Å²) in [7, 11) is 0. The Morgan fingerprint density at radius 1 is 0.774 bits per heavy atom. The average Bonchev–Trinajstić information content (AvgIpc) is 2.79. The first-order chi connectivity index (χ1) is 15.0. The highest BCUT2D eigenvalue weighted by Gasteiger charge is 2.45. The Kier molecular flexibility index (Phi) is 11.9. The number of alkyl halides is 2. The molecule has 0 aliphatic heterocycles. The third-order valence-corrected chi connectivity index (χ3v) is 8.62. The number of rotatable bonds is 8. The van der Waals surface area contributed by atoms with Crippen molar-refractivity contribution in [3.05, 3.63) is 0 Å². The summed E-state index contributed by atoms with van der Waals surface area (Å²) in [6.45, 7) is 6.59. The minimum Gasteiger partial charge on any atom is -0.372 e. The Bertz CT molecular complexity index is 490. The number of unbranched alkanes of at least 4 members (excludes halogenated alkanes) is 2. The van der Waals surface area contributed by atoms with Crippen molar-refractivity contribution in [3.63, 3.8) is 0 Å². The van der Waals surface area contributed by atoms with Crippen molar-refractivity contribution in [1.29, 1.82) is 0 Å². The molecule has 0 saturated heterocycles. The van der Waals surface area contributed by atoms with E-state index >= 15 is 4.39 Å². The number of ether oxygens (including phenoxy) is 1. The molecule has 3 aliphatic rings. The van der Waals surface area contributed by atoms with Gasteiger partial charge >= 0.3 is 0 Å². The van der Waals surface area contributed by atoms with Crippen LogP contribution in [0, 0.1) is 42.4 Å². The summed E-state index contributed by atoms with van der Waals surface area (Å²) in [5, 5.41) is 0. The van der Waals surface area contributed by atoms with E-state index in [1.165, 1.54) is 51.4 Å². The van der Waals surface area contributed by atoms with Crippen LogP contribution in [0.1, 0.15) is 111 Å². The minimum atomic E-state index is -1.43. The molecule has 0 radical (unpaired) electrons. The fourth-order valence-corrected chi connectivity index (χ4v) is 6.61. The second-order valence-corrected chi connectivity index (χ2v) is 10.8. The molecule has 3 rings (SSSR count). The van der Waals surface area contributed by atoms with Crippen LogP contribution in [0.4, 0.5) is 8.78 Å². The van der Waals surface area contributed by atoms with Gasteiger partial charge in [-0.2, -0.15) is 0 Å². The molecular weight excluding hydrogens is 390 g/mol. The molecule has 3 heteroatoms. The molecule has 1 nitrogen and oxygen atoms in total. The van der Waals surface area contributed by atoms with Gasteiger partial charge in [0.25, 0.3) is 0 Å². The minimum absolute atomic E-state index is 0.0437. The van der Waals surface area contributed by atoms with Gasteiger partial charge in [0.1, 0.15) is 6.17 Å². The highest BCUT2D eigenvalue weighted by molar-refractivity contribution is 4.94. The van der Waals surface area contributed by atoms with Crippen LogP contribution in [0.3, 0.4) is 0 Å². The molecule has 180 valence electrons. The number of hydrogen-bond acceptors (Lipinski definition) is 1. The molecule has 0 N–H and O–H groups in total. The van der Waals surface area contributed by atoms with Crippen LogP contribution in [0.15, 0.2) is 0 Å². The summed E-state index contributed by atoms with van der Waals surface area (Å²) in [5.74, 6) is 2.97. The zero-order valence-electron chi connectivity index (χ0n) is 20.4. The third-order valence-electron chi connectivity index (χ3n) is 8.62. The Hall–Kier alpha value is -0.620. The van der Waals surface area contributed by atoms with E-state index in [9.17, 15) is 4.39 Å². The molecular formula is C28H48F2O. The van der Waals surface area contributed by atoms with Crippen LogP contribution < -0.4 is 0 Å². The van der Waals surface area contributed by atoms with Crippen molar-refractivity contribution >= 4 is 0 Å². The van der Waals surface area contributed by atoms with Gasteiger partial charge in [0.05, 0.1) is 12.2 Å². The molecule has 3 fully saturated rings. The Labute approximate surface area is 191 Å².